The van der Waals surface area contributed by atoms with Gasteiger partial charge in [-0.1, -0.05) is 6.58 Å². The maximum Gasteiger partial charge on any atom is 0.219 e. The standard InChI is InChI=1S/C8H17O3Si/c1-3-10-6-7-11-5-4-8-12(2)9/h3,12H,1,4-8H2,2H3. The van der Waals surface area contributed by atoms with E-state index in [1.54, 1.807) is 6.55 Å². The molecule has 0 N–H and O–H groups in total. The Kier molecular flexibility index (Phi) is 8.53. The second-order valence-electron chi connectivity index (χ2n) is 2.60. The highest BCUT2D eigenvalue weighted by Crippen LogP contribution is 1.95. The molecule has 0 saturated heterocycles. The Morgan fingerprint density at radius 3 is 2.75 bits per heavy atom. The zero-order valence-corrected chi connectivity index (χ0v) is 8.78. The van der Waals surface area contributed by atoms with Gasteiger partial charge in [0.1, 0.15) is 6.61 Å². The maximum atomic E-state index is 10.7. The summed E-state index contributed by atoms with van der Waals surface area (Å²) in [6.07, 6.45) is 2.29. The minimum atomic E-state index is -1.61. The van der Waals surface area contributed by atoms with Gasteiger partial charge in [-0.05, 0) is 19.0 Å². The van der Waals surface area contributed by atoms with Crippen molar-refractivity contribution in [3.63, 3.8) is 0 Å². The minimum Gasteiger partial charge on any atom is -0.499 e. The molecule has 71 valence electrons. The lowest BCUT2D eigenvalue weighted by Gasteiger charge is -2.03. The molecule has 1 radical (unpaired) electrons. The molecule has 0 aliphatic heterocycles. The molecule has 0 aromatic carbocycles. The average Bonchev–Trinajstić information content (AvgIpc) is 2.02. The number of ether oxygens (including phenoxy) is 2. The van der Waals surface area contributed by atoms with E-state index in [9.17, 15) is 4.80 Å². The molecular weight excluding hydrogens is 172 g/mol. The monoisotopic (exact) mass is 189 g/mol. The van der Waals surface area contributed by atoms with Crippen molar-refractivity contribution in [1.82, 2.24) is 0 Å². The van der Waals surface area contributed by atoms with Crippen molar-refractivity contribution in [2.75, 3.05) is 19.8 Å². The first-order valence-corrected chi connectivity index (χ1v) is 6.67. The molecule has 1 atom stereocenters. The zero-order chi connectivity index (χ0) is 9.23. The largest absolute Gasteiger partial charge is 0.499 e. The average molecular weight is 189 g/mol. The van der Waals surface area contributed by atoms with Crippen molar-refractivity contribution in [2.24, 2.45) is 0 Å². The molecular formula is C8H17O3Si. The molecule has 12 heavy (non-hydrogen) atoms. The molecule has 0 spiro atoms. The van der Waals surface area contributed by atoms with E-state index in [4.69, 9.17) is 9.47 Å². The highest BCUT2D eigenvalue weighted by atomic mass is 28.3. The van der Waals surface area contributed by atoms with Crippen molar-refractivity contribution in [2.45, 2.75) is 19.0 Å². The van der Waals surface area contributed by atoms with E-state index in [1.807, 2.05) is 0 Å². The molecule has 0 amide bonds. The van der Waals surface area contributed by atoms with Gasteiger partial charge in [-0.3, -0.25) is 0 Å². The Bertz CT molecular complexity index is 106. The quantitative estimate of drug-likeness (QED) is 0.328. The first-order valence-electron chi connectivity index (χ1n) is 4.23. The van der Waals surface area contributed by atoms with Gasteiger partial charge < -0.3 is 14.3 Å². The molecule has 0 fully saturated rings. The fourth-order valence-corrected chi connectivity index (χ4v) is 1.51. The minimum absolute atomic E-state index is 0.549. The molecule has 0 aromatic rings. The summed E-state index contributed by atoms with van der Waals surface area (Å²) in [5.41, 5.74) is 0. The van der Waals surface area contributed by atoms with Crippen molar-refractivity contribution < 1.29 is 14.3 Å². The summed E-state index contributed by atoms with van der Waals surface area (Å²) < 4.78 is 10.0. The lowest BCUT2D eigenvalue weighted by molar-refractivity contribution is 0.0852. The van der Waals surface area contributed by atoms with Crippen molar-refractivity contribution in [3.05, 3.63) is 12.8 Å². The van der Waals surface area contributed by atoms with Gasteiger partial charge in [0.05, 0.1) is 12.9 Å². The lowest BCUT2D eigenvalue weighted by Crippen LogP contribution is -2.07. The van der Waals surface area contributed by atoms with Gasteiger partial charge in [0.2, 0.25) is 9.04 Å². The van der Waals surface area contributed by atoms with Crippen molar-refractivity contribution >= 4 is 9.04 Å². The Labute approximate surface area is 75.7 Å². The first kappa shape index (κ1) is 11.7. The Balaban J connectivity index is 2.86. The summed E-state index contributed by atoms with van der Waals surface area (Å²) >= 11 is 0. The van der Waals surface area contributed by atoms with Crippen LogP contribution in [0.25, 0.3) is 0 Å². The Hall–Kier alpha value is -0.323. The SMILES string of the molecule is C=COCCOCCC[SiH](C)[O]. The maximum absolute atomic E-state index is 10.7. The second kappa shape index (κ2) is 8.77. The molecule has 0 aliphatic carbocycles. The van der Waals surface area contributed by atoms with Crippen LogP contribution in [0.5, 0.6) is 0 Å². The van der Waals surface area contributed by atoms with Gasteiger partial charge in [0, 0.05) is 6.61 Å². The Morgan fingerprint density at radius 2 is 2.17 bits per heavy atom. The van der Waals surface area contributed by atoms with Crippen LogP contribution in [-0.4, -0.2) is 28.9 Å². The third-order valence-corrected chi connectivity index (χ3v) is 2.58. The van der Waals surface area contributed by atoms with Crippen LogP contribution in [0.4, 0.5) is 0 Å². The highest BCUT2D eigenvalue weighted by Gasteiger charge is 1.99. The van der Waals surface area contributed by atoms with Crippen LogP contribution in [-0.2, 0) is 14.3 Å². The predicted molar refractivity (Wildman–Crippen MR) is 50.1 cm³/mol. The van der Waals surface area contributed by atoms with Gasteiger partial charge in [-0.25, -0.2) is 0 Å². The Morgan fingerprint density at radius 1 is 1.42 bits per heavy atom. The van der Waals surface area contributed by atoms with Gasteiger partial charge in [-0.15, -0.1) is 0 Å². The molecule has 0 rings (SSSR count). The molecule has 3 nitrogen and oxygen atoms in total. The molecule has 0 bridgehead atoms. The van der Waals surface area contributed by atoms with E-state index < -0.39 is 9.04 Å². The van der Waals surface area contributed by atoms with E-state index in [-0.39, 0.29) is 0 Å². The molecule has 1 unspecified atom stereocenters. The fourth-order valence-electron chi connectivity index (χ4n) is 0.765. The zero-order valence-electron chi connectivity index (χ0n) is 7.62. The van der Waals surface area contributed by atoms with Gasteiger partial charge in [0.15, 0.2) is 0 Å². The van der Waals surface area contributed by atoms with E-state index in [0.29, 0.717) is 19.8 Å². The number of hydrogen-bond acceptors (Lipinski definition) is 2. The smallest absolute Gasteiger partial charge is 0.219 e. The molecule has 0 heterocycles. The molecule has 4 heteroatoms. The van der Waals surface area contributed by atoms with Crippen LogP contribution in [0, 0.1) is 0 Å². The predicted octanol–water partition coefficient (Wildman–Crippen LogP) is 1.34. The van der Waals surface area contributed by atoms with E-state index in [1.165, 1.54) is 6.26 Å². The van der Waals surface area contributed by atoms with Gasteiger partial charge in [0.25, 0.3) is 0 Å². The topological polar surface area (TPSA) is 38.4 Å². The van der Waals surface area contributed by atoms with Crippen LogP contribution in [0.2, 0.25) is 12.6 Å². The summed E-state index contributed by atoms with van der Waals surface area (Å²) in [6.45, 7) is 7.02. The lowest BCUT2D eigenvalue weighted by atomic mass is 10.5. The van der Waals surface area contributed by atoms with Crippen LogP contribution >= 0.6 is 0 Å². The van der Waals surface area contributed by atoms with Crippen LogP contribution in [0.15, 0.2) is 12.8 Å². The van der Waals surface area contributed by atoms with Crippen molar-refractivity contribution in [3.8, 4) is 0 Å². The van der Waals surface area contributed by atoms with Crippen molar-refractivity contribution in [1.29, 1.82) is 0 Å². The van der Waals surface area contributed by atoms with Crippen LogP contribution < -0.4 is 0 Å². The third-order valence-electron chi connectivity index (χ3n) is 1.36. The van der Waals surface area contributed by atoms with Crippen LogP contribution in [0.1, 0.15) is 6.42 Å². The second-order valence-corrected chi connectivity index (χ2v) is 4.80. The third kappa shape index (κ3) is 9.68. The molecule has 0 aromatic heterocycles. The molecule has 0 aliphatic rings. The van der Waals surface area contributed by atoms with Gasteiger partial charge >= 0.3 is 0 Å². The summed E-state index contributed by atoms with van der Waals surface area (Å²) in [6, 6.07) is 0.822. The van der Waals surface area contributed by atoms with E-state index >= 15 is 0 Å². The van der Waals surface area contributed by atoms with E-state index in [2.05, 4.69) is 6.58 Å². The van der Waals surface area contributed by atoms with E-state index in [0.717, 1.165) is 12.5 Å². The summed E-state index contributed by atoms with van der Waals surface area (Å²) in [4.78, 5) is 10.7. The summed E-state index contributed by atoms with van der Waals surface area (Å²) in [7, 11) is -1.61. The van der Waals surface area contributed by atoms with Crippen LogP contribution in [0.3, 0.4) is 0 Å². The van der Waals surface area contributed by atoms with Gasteiger partial charge in [-0.2, -0.15) is 0 Å². The molecule has 0 saturated carbocycles. The number of hydrogen-bond donors (Lipinski definition) is 0. The fraction of sp³-hybridized carbons (Fsp3) is 0.750. The first-order chi connectivity index (χ1) is 5.77. The highest BCUT2D eigenvalue weighted by molar-refractivity contribution is 6.48. The summed E-state index contributed by atoms with van der Waals surface area (Å²) in [5.74, 6) is 0. The number of rotatable bonds is 8. The normalized spacial score (nSPS) is 12.5. The summed E-state index contributed by atoms with van der Waals surface area (Å²) in [5, 5.41) is 0.